The summed E-state index contributed by atoms with van der Waals surface area (Å²) in [7, 11) is 1.58. The van der Waals surface area contributed by atoms with E-state index in [-0.39, 0.29) is 18.4 Å². The van der Waals surface area contributed by atoms with Gasteiger partial charge in [-0.2, -0.15) is 0 Å². The van der Waals surface area contributed by atoms with Crippen molar-refractivity contribution < 1.29 is 14.3 Å². The van der Waals surface area contributed by atoms with Gasteiger partial charge < -0.3 is 15.0 Å². The Morgan fingerprint density at radius 1 is 1.12 bits per heavy atom. The van der Waals surface area contributed by atoms with Crippen LogP contribution in [0.3, 0.4) is 0 Å². The third kappa shape index (κ3) is 5.72. The average molecular weight is 466 g/mol. The van der Waals surface area contributed by atoms with Gasteiger partial charge in [-0.1, -0.05) is 37.3 Å². The molecule has 1 atom stereocenters. The van der Waals surface area contributed by atoms with Crippen LogP contribution in [0.15, 0.2) is 54.6 Å². The monoisotopic (exact) mass is 466 g/mol. The van der Waals surface area contributed by atoms with Gasteiger partial charge in [-0.25, -0.2) is 0 Å². The number of rotatable bonds is 8. The van der Waals surface area contributed by atoms with Crippen molar-refractivity contribution in [3.63, 3.8) is 0 Å². The van der Waals surface area contributed by atoms with E-state index in [1.807, 2.05) is 61.5 Å². The molecule has 2 aromatic rings. The summed E-state index contributed by atoms with van der Waals surface area (Å²) < 4.78 is 6.72. The summed E-state index contributed by atoms with van der Waals surface area (Å²) in [5.41, 5.74) is 0.970. The predicted octanol–water partition coefficient (Wildman–Crippen LogP) is 3.22. The van der Waals surface area contributed by atoms with E-state index in [1.54, 1.807) is 11.9 Å². The number of carbonyl (C=O) groups is 2. The second-order valence-electron chi connectivity index (χ2n) is 5.79. The number of benzene rings is 2. The van der Waals surface area contributed by atoms with Crippen LogP contribution < -0.4 is 10.1 Å². The zero-order valence-corrected chi connectivity index (χ0v) is 17.1. The van der Waals surface area contributed by atoms with Gasteiger partial charge in [-0.15, -0.1) is 0 Å². The van der Waals surface area contributed by atoms with Gasteiger partial charge in [0.1, 0.15) is 11.8 Å². The second-order valence-corrected chi connectivity index (χ2v) is 7.03. The first kappa shape index (κ1) is 20.2. The molecule has 0 aliphatic rings. The van der Waals surface area contributed by atoms with Crippen LogP contribution in [0.4, 0.5) is 0 Å². The molecule has 0 saturated carbocycles. The predicted molar refractivity (Wildman–Crippen MR) is 110 cm³/mol. The fourth-order valence-electron chi connectivity index (χ4n) is 2.63. The standard InChI is InChI=1S/C20H23IN2O3/c1-3-18(20(25)22-2)23(13-15-7-5-4-6-8-15)19(24)14-26-17-11-9-16(21)10-12-17/h4-12,18H,3,13-14H2,1-2H3,(H,22,25)/t18-/m0/s1. The molecule has 0 aliphatic heterocycles. The molecule has 0 aromatic heterocycles. The highest BCUT2D eigenvalue weighted by Gasteiger charge is 2.28. The first-order valence-electron chi connectivity index (χ1n) is 8.48. The topological polar surface area (TPSA) is 58.6 Å². The molecule has 0 unspecified atom stereocenters. The van der Waals surface area contributed by atoms with Crippen LogP contribution in [0.1, 0.15) is 18.9 Å². The summed E-state index contributed by atoms with van der Waals surface area (Å²) in [5, 5.41) is 2.64. The van der Waals surface area contributed by atoms with Crippen LogP contribution in [-0.4, -0.2) is 36.4 Å². The SMILES string of the molecule is CC[C@@H](C(=O)NC)N(Cc1ccccc1)C(=O)COc1ccc(I)cc1. The van der Waals surface area contributed by atoms with Crippen LogP contribution in [0.5, 0.6) is 5.75 Å². The van der Waals surface area contributed by atoms with E-state index in [0.717, 1.165) is 9.13 Å². The zero-order valence-electron chi connectivity index (χ0n) is 14.9. The lowest BCUT2D eigenvalue weighted by Crippen LogP contribution is -2.49. The highest BCUT2D eigenvalue weighted by Crippen LogP contribution is 2.16. The van der Waals surface area contributed by atoms with Crippen molar-refractivity contribution >= 4 is 34.4 Å². The van der Waals surface area contributed by atoms with Gasteiger partial charge in [0.15, 0.2) is 6.61 Å². The number of hydrogen-bond acceptors (Lipinski definition) is 3. The highest BCUT2D eigenvalue weighted by atomic mass is 127. The molecule has 2 amide bonds. The van der Waals surface area contributed by atoms with E-state index >= 15 is 0 Å². The summed E-state index contributed by atoms with van der Waals surface area (Å²) in [6.07, 6.45) is 0.530. The quantitative estimate of drug-likeness (QED) is 0.608. The number of hydrogen-bond donors (Lipinski definition) is 1. The molecule has 0 saturated heterocycles. The Bertz CT molecular complexity index is 720. The molecule has 0 spiro atoms. The maximum Gasteiger partial charge on any atom is 0.261 e. The van der Waals surface area contributed by atoms with Crippen molar-refractivity contribution in [3.8, 4) is 5.75 Å². The van der Waals surface area contributed by atoms with Crippen molar-refractivity contribution in [2.75, 3.05) is 13.7 Å². The van der Waals surface area contributed by atoms with Crippen molar-refractivity contribution in [2.24, 2.45) is 0 Å². The molecule has 2 rings (SSSR count). The van der Waals surface area contributed by atoms with Crippen molar-refractivity contribution in [3.05, 3.63) is 63.7 Å². The third-order valence-electron chi connectivity index (χ3n) is 4.00. The van der Waals surface area contributed by atoms with E-state index in [1.165, 1.54) is 0 Å². The molecular formula is C20H23IN2O3. The van der Waals surface area contributed by atoms with E-state index in [4.69, 9.17) is 4.74 Å². The molecule has 0 heterocycles. The number of amides is 2. The molecular weight excluding hydrogens is 443 g/mol. The zero-order chi connectivity index (χ0) is 18.9. The third-order valence-corrected chi connectivity index (χ3v) is 4.72. The van der Waals surface area contributed by atoms with Crippen LogP contribution in [0.25, 0.3) is 0 Å². The van der Waals surface area contributed by atoms with E-state index in [2.05, 4.69) is 27.9 Å². The van der Waals surface area contributed by atoms with Crippen LogP contribution in [0.2, 0.25) is 0 Å². The molecule has 2 aromatic carbocycles. The molecule has 6 heteroatoms. The Balaban J connectivity index is 2.13. The van der Waals surface area contributed by atoms with Gasteiger partial charge in [0, 0.05) is 17.2 Å². The van der Waals surface area contributed by atoms with Gasteiger partial charge in [-0.05, 0) is 58.8 Å². The Hall–Kier alpha value is -2.09. The van der Waals surface area contributed by atoms with Crippen LogP contribution in [0, 0.1) is 3.57 Å². The van der Waals surface area contributed by atoms with Gasteiger partial charge in [0.2, 0.25) is 5.91 Å². The highest BCUT2D eigenvalue weighted by molar-refractivity contribution is 14.1. The van der Waals surface area contributed by atoms with Gasteiger partial charge in [0.25, 0.3) is 5.91 Å². The average Bonchev–Trinajstić information content (AvgIpc) is 2.67. The van der Waals surface area contributed by atoms with Crippen LogP contribution >= 0.6 is 22.6 Å². The summed E-state index contributed by atoms with van der Waals surface area (Å²) in [6, 6.07) is 16.6. The molecule has 5 nitrogen and oxygen atoms in total. The number of nitrogens with one attached hydrogen (secondary N) is 1. The molecule has 0 fully saturated rings. The largest absolute Gasteiger partial charge is 0.484 e. The van der Waals surface area contributed by atoms with Crippen molar-refractivity contribution in [2.45, 2.75) is 25.9 Å². The summed E-state index contributed by atoms with van der Waals surface area (Å²) in [4.78, 5) is 26.7. The first-order valence-corrected chi connectivity index (χ1v) is 9.56. The Morgan fingerprint density at radius 2 is 1.77 bits per heavy atom. The Morgan fingerprint density at radius 3 is 2.35 bits per heavy atom. The first-order chi connectivity index (χ1) is 12.5. The van der Waals surface area contributed by atoms with Crippen LogP contribution in [-0.2, 0) is 16.1 Å². The van der Waals surface area contributed by atoms with E-state index in [0.29, 0.717) is 18.7 Å². The second kappa shape index (κ2) is 10.2. The fourth-order valence-corrected chi connectivity index (χ4v) is 2.98. The number of carbonyl (C=O) groups excluding carboxylic acids is 2. The molecule has 0 bridgehead atoms. The number of ether oxygens (including phenoxy) is 1. The minimum Gasteiger partial charge on any atom is -0.484 e. The summed E-state index contributed by atoms with van der Waals surface area (Å²) in [5.74, 6) is 0.236. The minimum absolute atomic E-state index is 0.110. The molecule has 0 radical (unpaired) electrons. The Labute approximate surface area is 167 Å². The maximum atomic E-state index is 12.8. The van der Waals surface area contributed by atoms with E-state index in [9.17, 15) is 9.59 Å². The smallest absolute Gasteiger partial charge is 0.261 e. The van der Waals surface area contributed by atoms with Crippen molar-refractivity contribution in [1.82, 2.24) is 10.2 Å². The lowest BCUT2D eigenvalue weighted by molar-refractivity contribution is -0.142. The van der Waals surface area contributed by atoms with Gasteiger partial charge in [0.05, 0.1) is 0 Å². The summed E-state index contributed by atoms with van der Waals surface area (Å²) >= 11 is 2.21. The van der Waals surface area contributed by atoms with E-state index < -0.39 is 6.04 Å². The maximum absolute atomic E-state index is 12.8. The minimum atomic E-state index is -0.534. The molecule has 26 heavy (non-hydrogen) atoms. The van der Waals surface area contributed by atoms with Crippen molar-refractivity contribution in [1.29, 1.82) is 0 Å². The lowest BCUT2D eigenvalue weighted by Gasteiger charge is -2.30. The van der Waals surface area contributed by atoms with Gasteiger partial charge in [-0.3, -0.25) is 9.59 Å². The normalized spacial score (nSPS) is 11.5. The molecule has 1 N–H and O–H groups in total. The number of likely N-dealkylation sites (N-methyl/N-ethyl adjacent to an activating group) is 1. The number of halogens is 1. The number of nitrogens with zero attached hydrogens (tertiary/aromatic N) is 1. The van der Waals surface area contributed by atoms with Gasteiger partial charge >= 0.3 is 0 Å². The Kier molecular flexibility index (Phi) is 7.90. The summed E-state index contributed by atoms with van der Waals surface area (Å²) in [6.45, 7) is 2.15. The lowest BCUT2D eigenvalue weighted by atomic mass is 10.1. The molecule has 138 valence electrons. The molecule has 0 aliphatic carbocycles. The fraction of sp³-hybridized carbons (Fsp3) is 0.300.